The van der Waals surface area contributed by atoms with E-state index in [1.807, 2.05) is 32.0 Å². The van der Waals surface area contributed by atoms with Crippen LogP contribution in [0.2, 0.25) is 0 Å². The second-order valence-electron chi connectivity index (χ2n) is 4.90. The Morgan fingerprint density at radius 3 is 2.57 bits per heavy atom. The number of hydrogen-bond acceptors (Lipinski definition) is 2. The second-order valence-corrected chi connectivity index (χ2v) is 4.90. The van der Waals surface area contributed by atoms with Crippen LogP contribution >= 0.6 is 0 Å². The number of anilines is 1. The van der Waals surface area contributed by atoms with Crippen molar-refractivity contribution in [1.82, 2.24) is 0 Å². The predicted molar refractivity (Wildman–Crippen MR) is 86.0 cm³/mol. The SMILES string of the molecule is C=CCOc1ccc(C(=O)Nc2cc(C)ccc2C)cc1. The highest BCUT2D eigenvalue weighted by Crippen LogP contribution is 2.18. The van der Waals surface area contributed by atoms with Gasteiger partial charge >= 0.3 is 0 Å². The minimum atomic E-state index is -0.126. The van der Waals surface area contributed by atoms with Crippen LogP contribution in [0.25, 0.3) is 0 Å². The zero-order chi connectivity index (χ0) is 15.2. The molecule has 0 spiro atoms. The average molecular weight is 281 g/mol. The predicted octanol–water partition coefficient (Wildman–Crippen LogP) is 4.12. The molecule has 0 bridgehead atoms. The molecule has 3 nitrogen and oxygen atoms in total. The summed E-state index contributed by atoms with van der Waals surface area (Å²) in [7, 11) is 0. The van der Waals surface area contributed by atoms with E-state index >= 15 is 0 Å². The van der Waals surface area contributed by atoms with Crippen LogP contribution in [-0.2, 0) is 0 Å². The van der Waals surface area contributed by atoms with Crippen molar-refractivity contribution in [1.29, 1.82) is 0 Å². The van der Waals surface area contributed by atoms with Crippen LogP contribution in [0.5, 0.6) is 5.75 Å². The van der Waals surface area contributed by atoms with Crippen molar-refractivity contribution in [3.63, 3.8) is 0 Å². The van der Waals surface area contributed by atoms with Gasteiger partial charge in [0.1, 0.15) is 12.4 Å². The van der Waals surface area contributed by atoms with Gasteiger partial charge in [-0.1, -0.05) is 24.8 Å². The molecule has 0 saturated carbocycles. The van der Waals surface area contributed by atoms with Gasteiger partial charge in [0.15, 0.2) is 0 Å². The maximum absolute atomic E-state index is 12.2. The first-order chi connectivity index (χ1) is 10.1. The molecule has 2 aromatic rings. The number of ether oxygens (including phenoxy) is 1. The summed E-state index contributed by atoms with van der Waals surface area (Å²) in [6.45, 7) is 8.02. The van der Waals surface area contributed by atoms with Gasteiger partial charge in [0.25, 0.3) is 5.91 Å². The molecule has 0 saturated heterocycles. The third-order valence-corrected chi connectivity index (χ3v) is 3.13. The Bertz CT molecular complexity index is 645. The molecule has 3 heteroatoms. The fourth-order valence-electron chi connectivity index (χ4n) is 1.92. The molecular weight excluding hydrogens is 262 g/mol. The molecule has 0 radical (unpaired) electrons. The highest BCUT2D eigenvalue weighted by molar-refractivity contribution is 6.04. The molecule has 2 aromatic carbocycles. The Morgan fingerprint density at radius 2 is 1.90 bits per heavy atom. The van der Waals surface area contributed by atoms with Gasteiger partial charge in [0.05, 0.1) is 0 Å². The molecule has 0 heterocycles. The maximum atomic E-state index is 12.2. The standard InChI is InChI=1S/C18H19NO2/c1-4-11-21-16-9-7-15(8-10-16)18(20)19-17-12-13(2)5-6-14(17)3/h4-10,12H,1,11H2,2-3H3,(H,19,20). The molecule has 0 aliphatic carbocycles. The first-order valence-corrected chi connectivity index (χ1v) is 6.82. The Balaban J connectivity index is 2.09. The number of amides is 1. The molecule has 21 heavy (non-hydrogen) atoms. The number of rotatable bonds is 5. The fourth-order valence-corrected chi connectivity index (χ4v) is 1.92. The molecule has 0 fully saturated rings. The van der Waals surface area contributed by atoms with E-state index in [1.165, 1.54) is 0 Å². The summed E-state index contributed by atoms with van der Waals surface area (Å²) in [5.74, 6) is 0.595. The summed E-state index contributed by atoms with van der Waals surface area (Å²) in [4.78, 5) is 12.2. The molecule has 0 aromatic heterocycles. The lowest BCUT2D eigenvalue weighted by Crippen LogP contribution is -2.12. The van der Waals surface area contributed by atoms with Gasteiger partial charge in [-0.15, -0.1) is 0 Å². The normalized spacial score (nSPS) is 10.0. The van der Waals surface area contributed by atoms with Gasteiger partial charge in [-0.2, -0.15) is 0 Å². The Kier molecular flexibility index (Phi) is 4.77. The molecule has 0 atom stereocenters. The van der Waals surface area contributed by atoms with E-state index in [0.717, 1.165) is 22.6 Å². The highest BCUT2D eigenvalue weighted by Gasteiger charge is 2.08. The topological polar surface area (TPSA) is 38.3 Å². The van der Waals surface area contributed by atoms with Gasteiger partial charge in [-0.25, -0.2) is 0 Å². The van der Waals surface area contributed by atoms with E-state index in [0.29, 0.717) is 12.2 Å². The summed E-state index contributed by atoms with van der Waals surface area (Å²) < 4.78 is 5.39. The van der Waals surface area contributed by atoms with Crippen LogP contribution in [0.4, 0.5) is 5.69 Å². The van der Waals surface area contributed by atoms with Gasteiger partial charge in [0.2, 0.25) is 0 Å². The van der Waals surface area contributed by atoms with Crippen molar-refractivity contribution >= 4 is 11.6 Å². The molecule has 108 valence electrons. The van der Waals surface area contributed by atoms with Crippen LogP contribution in [0, 0.1) is 13.8 Å². The van der Waals surface area contributed by atoms with E-state index < -0.39 is 0 Å². The third-order valence-electron chi connectivity index (χ3n) is 3.13. The second kappa shape index (κ2) is 6.75. The first-order valence-electron chi connectivity index (χ1n) is 6.82. The Morgan fingerprint density at radius 1 is 1.19 bits per heavy atom. The van der Waals surface area contributed by atoms with Crippen molar-refractivity contribution in [2.24, 2.45) is 0 Å². The molecule has 0 unspecified atom stereocenters. The largest absolute Gasteiger partial charge is 0.490 e. The molecular formula is C18H19NO2. The van der Waals surface area contributed by atoms with Gasteiger partial charge in [-0.3, -0.25) is 4.79 Å². The van der Waals surface area contributed by atoms with Crippen molar-refractivity contribution in [3.05, 3.63) is 71.8 Å². The lowest BCUT2D eigenvalue weighted by Gasteiger charge is -2.10. The average Bonchev–Trinajstić information content (AvgIpc) is 2.49. The summed E-state index contributed by atoms with van der Waals surface area (Å²) >= 11 is 0. The summed E-state index contributed by atoms with van der Waals surface area (Å²) in [5.41, 5.74) is 3.60. The van der Waals surface area contributed by atoms with Crippen LogP contribution in [0.15, 0.2) is 55.1 Å². The van der Waals surface area contributed by atoms with E-state index in [-0.39, 0.29) is 5.91 Å². The molecule has 0 aliphatic heterocycles. The van der Waals surface area contributed by atoms with E-state index in [2.05, 4.69) is 11.9 Å². The zero-order valence-corrected chi connectivity index (χ0v) is 12.3. The van der Waals surface area contributed by atoms with E-state index in [1.54, 1.807) is 30.3 Å². The lowest BCUT2D eigenvalue weighted by atomic mass is 10.1. The number of aryl methyl sites for hydroxylation is 2. The monoisotopic (exact) mass is 281 g/mol. The van der Waals surface area contributed by atoms with Gasteiger partial charge < -0.3 is 10.1 Å². The summed E-state index contributed by atoms with van der Waals surface area (Å²) in [6, 6.07) is 13.0. The molecule has 2 rings (SSSR count). The van der Waals surface area contributed by atoms with Crippen LogP contribution in [0.1, 0.15) is 21.5 Å². The van der Waals surface area contributed by atoms with Crippen LogP contribution in [0.3, 0.4) is 0 Å². The molecule has 1 N–H and O–H groups in total. The van der Waals surface area contributed by atoms with Crippen molar-refractivity contribution < 1.29 is 9.53 Å². The number of carbonyl (C=O) groups excluding carboxylic acids is 1. The van der Waals surface area contributed by atoms with Crippen molar-refractivity contribution in [2.45, 2.75) is 13.8 Å². The lowest BCUT2D eigenvalue weighted by molar-refractivity contribution is 0.102. The van der Waals surface area contributed by atoms with Crippen molar-refractivity contribution in [3.8, 4) is 5.75 Å². The minimum Gasteiger partial charge on any atom is -0.490 e. The maximum Gasteiger partial charge on any atom is 0.255 e. The number of benzene rings is 2. The van der Waals surface area contributed by atoms with Gasteiger partial charge in [0, 0.05) is 11.3 Å². The summed E-state index contributed by atoms with van der Waals surface area (Å²) in [5, 5.41) is 2.93. The quantitative estimate of drug-likeness (QED) is 0.837. The summed E-state index contributed by atoms with van der Waals surface area (Å²) in [6.07, 6.45) is 1.68. The number of nitrogens with one attached hydrogen (secondary N) is 1. The number of hydrogen-bond donors (Lipinski definition) is 1. The third kappa shape index (κ3) is 3.96. The first kappa shape index (κ1) is 14.9. The van der Waals surface area contributed by atoms with Crippen LogP contribution < -0.4 is 10.1 Å². The zero-order valence-electron chi connectivity index (χ0n) is 12.3. The molecule has 0 aliphatic rings. The Hall–Kier alpha value is -2.55. The molecule has 1 amide bonds. The van der Waals surface area contributed by atoms with E-state index in [4.69, 9.17) is 4.74 Å². The fraction of sp³-hybridized carbons (Fsp3) is 0.167. The van der Waals surface area contributed by atoms with E-state index in [9.17, 15) is 4.79 Å². The van der Waals surface area contributed by atoms with Crippen molar-refractivity contribution in [2.75, 3.05) is 11.9 Å². The Labute approximate surface area is 125 Å². The number of carbonyl (C=O) groups is 1. The van der Waals surface area contributed by atoms with Gasteiger partial charge in [-0.05, 0) is 55.3 Å². The minimum absolute atomic E-state index is 0.126. The van der Waals surface area contributed by atoms with Crippen LogP contribution in [-0.4, -0.2) is 12.5 Å². The highest BCUT2D eigenvalue weighted by atomic mass is 16.5. The smallest absolute Gasteiger partial charge is 0.255 e.